The molecule has 0 radical (unpaired) electrons. The number of ether oxygens (including phenoxy) is 1. The molecule has 0 aliphatic rings. The van der Waals surface area contributed by atoms with Crippen LogP contribution in [0.3, 0.4) is 0 Å². The Bertz CT molecular complexity index is 1030. The number of hydrogen-bond acceptors (Lipinski definition) is 7. The molecule has 0 aliphatic carbocycles. The molecule has 0 saturated carbocycles. The summed E-state index contributed by atoms with van der Waals surface area (Å²) in [7, 11) is 1.51. The topological polar surface area (TPSA) is 107 Å². The van der Waals surface area contributed by atoms with Crippen LogP contribution in [-0.2, 0) is 4.79 Å². The van der Waals surface area contributed by atoms with Gasteiger partial charge in [-0.25, -0.2) is 0 Å². The Morgan fingerprint density at radius 3 is 2.55 bits per heavy atom. The van der Waals surface area contributed by atoms with Crippen LogP contribution in [0.25, 0.3) is 11.3 Å². The standard InChI is InChI=1S/C19H15ClN4O4S/c1-28-17-8-4-13(20)10-16(17)21-18(25)11-29-19-9-7-15(22-23-19)12-2-5-14(6-3-12)24(26)27/h2-10H,11H2,1H3,(H,21,25). The fraction of sp³-hybridized carbons (Fsp3) is 0.105. The van der Waals surface area contributed by atoms with E-state index in [1.54, 1.807) is 42.5 Å². The Balaban J connectivity index is 1.59. The zero-order valence-electron chi connectivity index (χ0n) is 15.2. The van der Waals surface area contributed by atoms with Crippen molar-refractivity contribution in [3.05, 3.63) is 69.7 Å². The molecule has 8 nitrogen and oxygen atoms in total. The van der Waals surface area contributed by atoms with Crippen LogP contribution in [0.4, 0.5) is 11.4 Å². The lowest BCUT2D eigenvalue weighted by Crippen LogP contribution is -2.14. The first-order valence-electron chi connectivity index (χ1n) is 8.31. The maximum atomic E-state index is 12.2. The van der Waals surface area contributed by atoms with E-state index < -0.39 is 4.92 Å². The molecule has 1 amide bonds. The number of aromatic nitrogens is 2. The van der Waals surface area contributed by atoms with Crippen molar-refractivity contribution >= 4 is 40.6 Å². The van der Waals surface area contributed by atoms with Crippen molar-refractivity contribution in [2.45, 2.75) is 5.03 Å². The third kappa shape index (κ3) is 5.43. The quantitative estimate of drug-likeness (QED) is 0.335. The van der Waals surface area contributed by atoms with Gasteiger partial charge in [0.1, 0.15) is 10.8 Å². The lowest BCUT2D eigenvalue weighted by molar-refractivity contribution is -0.384. The molecule has 1 aromatic heterocycles. The minimum absolute atomic E-state index is 0.0104. The zero-order valence-corrected chi connectivity index (χ0v) is 16.7. The van der Waals surface area contributed by atoms with Crippen LogP contribution in [0.15, 0.2) is 59.6 Å². The smallest absolute Gasteiger partial charge is 0.269 e. The van der Waals surface area contributed by atoms with Crippen LogP contribution < -0.4 is 10.1 Å². The average molecular weight is 431 g/mol. The first-order chi connectivity index (χ1) is 14.0. The first kappa shape index (κ1) is 20.6. The molecule has 148 valence electrons. The highest BCUT2D eigenvalue weighted by Gasteiger charge is 2.11. The van der Waals surface area contributed by atoms with Gasteiger partial charge in [-0.15, -0.1) is 10.2 Å². The summed E-state index contributed by atoms with van der Waals surface area (Å²) in [5.74, 6) is 0.401. The highest BCUT2D eigenvalue weighted by atomic mass is 35.5. The molecule has 10 heteroatoms. The Hall–Kier alpha value is -3.17. The summed E-state index contributed by atoms with van der Waals surface area (Å²) in [6.07, 6.45) is 0. The first-order valence-corrected chi connectivity index (χ1v) is 9.67. The van der Waals surface area contributed by atoms with E-state index in [0.29, 0.717) is 32.7 Å². The third-order valence-electron chi connectivity index (χ3n) is 3.80. The molecule has 29 heavy (non-hydrogen) atoms. The number of benzene rings is 2. The summed E-state index contributed by atoms with van der Waals surface area (Å²) in [6.45, 7) is 0. The Labute approximate surface area is 175 Å². The van der Waals surface area contributed by atoms with Gasteiger partial charge in [-0.05, 0) is 42.5 Å². The van der Waals surface area contributed by atoms with Gasteiger partial charge in [0.25, 0.3) is 5.69 Å². The largest absolute Gasteiger partial charge is 0.495 e. The van der Waals surface area contributed by atoms with Crippen molar-refractivity contribution < 1.29 is 14.5 Å². The minimum Gasteiger partial charge on any atom is -0.495 e. The summed E-state index contributed by atoms with van der Waals surface area (Å²) in [6, 6.07) is 14.5. The van der Waals surface area contributed by atoms with Crippen molar-refractivity contribution in [2.24, 2.45) is 0 Å². The molecule has 0 saturated heterocycles. The number of methoxy groups -OCH3 is 1. The second-order valence-electron chi connectivity index (χ2n) is 5.74. The van der Waals surface area contributed by atoms with Crippen LogP contribution >= 0.6 is 23.4 Å². The number of rotatable bonds is 7. The Morgan fingerprint density at radius 2 is 1.93 bits per heavy atom. The summed E-state index contributed by atoms with van der Waals surface area (Å²) in [4.78, 5) is 22.5. The molecule has 0 unspecified atom stereocenters. The number of nitrogens with one attached hydrogen (secondary N) is 1. The van der Waals surface area contributed by atoms with Crippen LogP contribution in [0, 0.1) is 10.1 Å². The second kappa shape index (κ2) is 9.35. The van der Waals surface area contributed by atoms with Gasteiger partial charge in [0.15, 0.2) is 0 Å². The maximum Gasteiger partial charge on any atom is 0.269 e. The van der Waals surface area contributed by atoms with Crippen molar-refractivity contribution in [3.8, 4) is 17.0 Å². The average Bonchev–Trinajstić information content (AvgIpc) is 2.73. The molecule has 1 heterocycles. The summed E-state index contributed by atoms with van der Waals surface area (Å²) < 4.78 is 5.20. The van der Waals surface area contributed by atoms with Gasteiger partial charge in [-0.3, -0.25) is 14.9 Å². The number of amides is 1. The number of nitro groups is 1. The maximum absolute atomic E-state index is 12.2. The lowest BCUT2D eigenvalue weighted by atomic mass is 10.1. The van der Waals surface area contributed by atoms with E-state index in [1.165, 1.54) is 31.0 Å². The van der Waals surface area contributed by atoms with E-state index in [0.717, 1.165) is 0 Å². The normalized spacial score (nSPS) is 10.4. The number of carbonyl (C=O) groups is 1. The minimum atomic E-state index is -0.459. The highest BCUT2D eigenvalue weighted by molar-refractivity contribution is 7.99. The van der Waals surface area contributed by atoms with Gasteiger partial charge >= 0.3 is 0 Å². The molecule has 1 N–H and O–H groups in total. The fourth-order valence-electron chi connectivity index (χ4n) is 2.41. The number of hydrogen-bond donors (Lipinski definition) is 1. The number of thioether (sulfide) groups is 1. The van der Waals surface area contributed by atoms with E-state index in [4.69, 9.17) is 16.3 Å². The lowest BCUT2D eigenvalue weighted by Gasteiger charge is -2.10. The summed E-state index contributed by atoms with van der Waals surface area (Å²) >= 11 is 7.18. The van der Waals surface area contributed by atoms with Crippen LogP contribution in [0.5, 0.6) is 5.75 Å². The van der Waals surface area contributed by atoms with E-state index in [9.17, 15) is 14.9 Å². The number of anilines is 1. The van der Waals surface area contributed by atoms with Crippen LogP contribution in [-0.4, -0.2) is 33.9 Å². The number of nitrogens with zero attached hydrogens (tertiary/aromatic N) is 3. The van der Waals surface area contributed by atoms with Crippen LogP contribution in [0.1, 0.15) is 0 Å². The SMILES string of the molecule is COc1ccc(Cl)cc1NC(=O)CSc1ccc(-c2ccc([N+](=O)[O-])cc2)nn1. The Kier molecular flexibility index (Phi) is 6.63. The monoisotopic (exact) mass is 430 g/mol. The van der Waals surface area contributed by atoms with E-state index in [1.807, 2.05) is 0 Å². The van der Waals surface area contributed by atoms with Gasteiger partial charge in [0.2, 0.25) is 5.91 Å². The van der Waals surface area contributed by atoms with Crippen molar-refractivity contribution in [2.75, 3.05) is 18.2 Å². The van der Waals surface area contributed by atoms with Crippen molar-refractivity contribution in [1.82, 2.24) is 10.2 Å². The molecule has 0 fully saturated rings. The van der Waals surface area contributed by atoms with Crippen molar-refractivity contribution in [1.29, 1.82) is 0 Å². The molecule has 2 aromatic carbocycles. The molecule has 0 spiro atoms. The molecule has 3 rings (SSSR count). The van der Waals surface area contributed by atoms with Crippen molar-refractivity contribution in [3.63, 3.8) is 0 Å². The third-order valence-corrected chi connectivity index (χ3v) is 4.96. The molecular formula is C19H15ClN4O4S. The zero-order chi connectivity index (χ0) is 20.8. The summed E-state index contributed by atoms with van der Waals surface area (Å²) in [5.41, 5.74) is 1.80. The predicted octanol–water partition coefficient (Wildman–Crippen LogP) is 4.44. The van der Waals surface area contributed by atoms with Crippen LogP contribution in [0.2, 0.25) is 5.02 Å². The van der Waals surface area contributed by atoms with E-state index >= 15 is 0 Å². The number of non-ortho nitro benzene ring substituents is 1. The van der Waals surface area contributed by atoms with E-state index in [-0.39, 0.29) is 17.3 Å². The second-order valence-corrected chi connectivity index (χ2v) is 7.17. The van der Waals surface area contributed by atoms with E-state index in [2.05, 4.69) is 15.5 Å². The molecular weight excluding hydrogens is 416 g/mol. The van der Waals surface area contributed by atoms with Gasteiger partial charge in [0.05, 0.1) is 29.2 Å². The molecule has 3 aromatic rings. The Morgan fingerprint density at radius 1 is 1.17 bits per heavy atom. The van der Waals surface area contributed by atoms with Gasteiger partial charge in [0, 0.05) is 22.7 Å². The number of halogens is 1. The molecule has 0 aliphatic heterocycles. The van der Waals surface area contributed by atoms with Gasteiger partial charge in [-0.2, -0.15) is 0 Å². The molecule has 0 atom stereocenters. The number of carbonyl (C=O) groups excluding carboxylic acids is 1. The molecule has 0 bridgehead atoms. The fourth-order valence-corrected chi connectivity index (χ4v) is 3.19. The predicted molar refractivity (Wildman–Crippen MR) is 111 cm³/mol. The highest BCUT2D eigenvalue weighted by Crippen LogP contribution is 2.28. The van der Waals surface area contributed by atoms with Gasteiger partial charge < -0.3 is 10.1 Å². The number of nitro benzene ring substituents is 1. The van der Waals surface area contributed by atoms with Gasteiger partial charge in [-0.1, -0.05) is 23.4 Å². The summed E-state index contributed by atoms with van der Waals surface area (Å²) in [5, 5.41) is 22.7.